The molecule has 0 atom stereocenters. The summed E-state index contributed by atoms with van der Waals surface area (Å²) >= 11 is 0. The van der Waals surface area contributed by atoms with Crippen LogP contribution in [0.2, 0.25) is 0 Å². The zero-order valence-corrected chi connectivity index (χ0v) is 9.06. The van der Waals surface area contributed by atoms with E-state index in [1.807, 2.05) is 18.2 Å². The highest BCUT2D eigenvalue weighted by Crippen LogP contribution is 2.27. The van der Waals surface area contributed by atoms with Crippen molar-refractivity contribution in [3.05, 3.63) is 54.4 Å². The number of nitrogens with zero attached hydrogens (tertiary/aromatic N) is 1. The Bertz CT molecular complexity index is 536. The minimum Gasteiger partial charge on any atom is -0.323 e. The van der Waals surface area contributed by atoms with Gasteiger partial charge in [0.2, 0.25) is 0 Å². The second kappa shape index (κ2) is 3.90. The van der Waals surface area contributed by atoms with Crippen molar-refractivity contribution < 1.29 is 0 Å². The van der Waals surface area contributed by atoms with Crippen molar-refractivity contribution in [2.45, 2.75) is 12.8 Å². The van der Waals surface area contributed by atoms with E-state index in [0.717, 1.165) is 5.56 Å². The fourth-order valence-corrected chi connectivity index (χ4v) is 1.71. The van der Waals surface area contributed by atoms with E-state index in [4.69, 9.17) is 0 Å². The van der Waals surface area contributed by atoms with E-state index in [1.165, 1.54) is 18.5 Å². The Balaban J connectivity index is 2.01. The predicted octanol–water partition coefficient (Wildman–Crippen LogP) is 3.24. The molecule has 0 saturated heterocycles. The average Bonchev–Trinajstić information content (AvgIpc) is 3.00. The molecule has 0 bridgehead atoms. The van der Waals surface area contributed by atoms with Gasteiger partial charge in [-0.05, 0) is 37.1 Å². The Morgan fingerprint density at radius 2 is 1.75 bits per heavy atom. The van der Waals surface area contributed by atoms with E-state index >= 15 is 0 Å². The van der Waals surface area contributed by atoms with Gasteiger partial charge in [0.05, 0.1) is 5.69 Å². The van der Waals surface area contributed by atoms with Gasteiger partial charge in [-0.15, -0.1) is 0 Å². The van der Waals surface area contributed by atoms with E-state index in [2.05, 4.69) is 47.0 Å². The number of hydrogen-bond acceptors (Lipinski definition) is 0. The molecule has 0 aliphatic heterocycles. The van der Waals surface area contributed by atoms with Crippen LogP contribution in [0.4, 0.5) is 0 Å². The van der Waals surface area contributed by atoms with E-state index in [-0.39, 0.29) is 0 Å². The van der Waals surface area contributed by atoms with E-state index in [1.54, 1.807) is 0 Å². The maximum absolute atomic E-state index is 3.31. The third-order valence-corrected chi connectivity index (χ3v) is 2.77. The molecule has 78 valence electrons. The molecular weight excluding hydrogens is 194 g/mol. The molecule has 1 aromatic carbocycles. The summed E-state index contributed by atoms with van der Waals surface area (Å²) in [6, 6.07) is 12.4. The summed E-state index contributed by atoms with van der Waals surface area (Å²) in [5, 5.41) is 0. The van der Waals surface area contributed by atoms with Crippen LogP contribution in [0, 0.1) is 17.8 Å². The fraction of sp³-hybridized carbons (Fsp3) is 0.200. The van der Waals surface area contributed by atoms with Gasteiger partial charge >= 0.3 is 0 Å². The molecule has 1 saturated carbocycles. The Labute approximate surface area is 95.7 Å². The van der Waals surface area contributed by atoms with Crippen molar-refractivity contribution in [2.24, 2.45) is 5.92 Å². The lowest BCUT2D eigenvalue weighted by Crippen LogP contribution is -1.93. The highest BCUT2D eigenvalue weighted by Gasteiger charge is 2.17. The molecule has 3 rings (SSSR count). The summed E-state index contributed by atoms with van der Waals surface area (Å²) < 4.78 is 2.11. The number of aromatic nitrogens is 1. The Kier molecular flexibility index (Phi) is 2.27. The van der Waals surface area contributed by atoms with Crippen LogP contribution in [0.25, 0.3) is 5.69 Å². The molecule has 1 aliphatic rings. The van der Waals surface area contributed by atoms with Gasteiger partial charge in [-0.25, -0.2) is 0 Å². The van der Waals surface area contributed by atoms with Crippen LogP contribution in [0.1, 0.15) is 18.4 Å². The smallest absolute Gasteiger partial charge is 0.0606 e. The van der Waals surface area contributed by atoms with Crippen LogP contribution in [-0.4, -0.2) is 4.57 Å². The molecule has 1 aliphatic carbocycles. The molecule has 1 heteroatoms. The average molecular weight is 207 g/mol. The molecule has 1 nitrogen and oxygen atoms in total. The van der Waals surface area contributed by atoms with Gasteiger partial charge in [0.1, 0.15) is 0 Å². The monoisotopic (exact) mass is 207 g/mol. The summed E-state index contributed by atoms with van der Waals surface area (Å²) in [6.07, 6.45) is 6.66. The predicted molar refractivity (Wildman–Crippen MR) is 65.4 cm³/mol. The summed E-state index contributed by atoms with van der Waals surface area (Å²) in [4.78, 5) is 0. The number of rotatable bonds is 1. The minimum atomic E-state index is 0.651. The topological polar surface area (TPSA) is 4.93 Å². The molecule has 1 fully saturated rings. The van der Waals surface area contributed by atoms with Gasteiger partial charge in [0.25, 0.3) is 0 Å². The summed E-state index contributed by atoms with van der Waals surface area (Å²) in [7, 11) is 0. The first kappa shape index (κ1) is 9.30. The molecule has 0 N–H and O–H groups in total. The van der Waals surface area contributed by atoms with Crippen molar-refractivity contribution >= 4 is 0 Å². The van der Waals surface area contributed by atoms with Gasteiger partial charge in [0.15, 0.2) is 0 Å². The van der Waals surface area contributed by atoms with Crippen molar-refractivity contribution in [1.82, 2.24) is 4.57 Å². The largest absolute Gasteiger partial charge is 0.323 e. The molecule has 2 aromatic rings. The van der Waals surface area contributed by atoms with Crippen molar-refractivity contribution in [2.75, 3.05) is 0 Å². The van der Waals surface area contributed by atoms with Crippen LogP contribution in [-0.2, 0) is 0 Å². The number of benzene rings is 1. The number of para-hydroxylation sites is 1. The molecule has 0 radical (unpaired) electrons. The van der Waals surface area contributed by atoms with Crippen LogP contribution in [0.15, 0.2) is 48.8 Å². The van der Waals surface area contributed by atoms with Crippen LogP contribution >= 0.6 is 0 Å². The van der Waals surface area contributed by atoms with Gasteiger partial charge in [-0.3, -0.25) is 0 Å². The van der Waals surface area contributed by atoms with E-state index in [9.17, 15) is 0 Å². The first-order valence-corrected chi connectivity index (χ1v) is 5.67. The minimum absolute atomic E-state index is 0.651. The molecular formula is C15H13N. The van der Waals surface area contributed by atoms with Crippen LogP contribution in [0.3, 0.4) is 0 Å². The standard InChI is InChI=1S/C15H13N/c1-2-6-15(16-11-3-4-12-16)14(5-1)10-9-13-7-8-13/h1-6,11-13H,7-8H2. The normalized spacial score (nSPS) is 14.2. The highest BCUT2D eigenvalue weighted by atomic mass is 14.9. The molecule has 16 heavy (non-hydrogen) atoms. The first-order chi connectivity index (χ1) is 7.93. The van der Waals surface area contributed by atoms with E-state index in [0.29, 0.717) is 5.92 Å². The molecule has 0 unspecified atom stereocenters. The zero-order chi connectivity index (χ0) is 10.8. The second-order valence-electron chi connectivity index (χ2n) is 4.15. The highest BCUT2D eigenvalue weighted by molar-refractivity contribution is 5.51. The SMILES string of the molecule is C(#CC1CC1)c1ccccc1-n1cccc1. The molecule has 0 amide bonds. The summed E-state index contributed by atoms with van der Waals surface area (Å²) in [5.41, 5.74) is 2.28. The number of hydrogen-bond donors (Lipinski definition) is 0. The first-order valence-electron chi connectivity index (χ1n) is 5.67. The molecule has 0 spiro atoms. The van der Waals surface area contributed by atoms with Gasteiger partial charge < -0.3 is 4.57 Å². The maximum Gasteiger partial charge on any atom is 0.0606 e. The van der Waals surface area contributed by atoms with E-state index < -0.39 is 0 Å². The van der Waals surface area contributed by atoms with Gasteiger partial charge in [-0.2, -0.15) is 0 Å². The lowest BCUT2D eigenvalue weighted by molar-refractivity contribution is 1.07. The Hall–Kier alpha value is -1.94. The fourth-order valence-electron chi connectivity index (χ4n) is 1.71. The third kappa shape index (κ3) is 1.87. The molecule has 1 heterocycles. The van der Waals surface area contributed by atoms with Crippen LogP contribution < -0.4 is 0 Å². The quantitative estimate of drug-likeness (QED) is 0.633. The summed E-state index contributed by atoms with van der Waals surface area (Å²) in [5.74, 6) is 7.26. The third-order valence-electron chi connectivity index (χ3n) is 2.77. The van der Waals surface area contributed by atoms with Gasteiger partial charge in [0, 0.05) is 23.9 Å². The van der Waals surface area contributed by atoms with Crippen molar-refractivity contribution in [3.63, 3.8) is 0 Å². The Morgan fingerprint density at radius 3 is 2.50 bits per heavy atom. The lowest BCUT2D eigenvalue weighted by atomic mass is 10.1. The Morgan fingerprint density at radius 1 is 1.00 bits per heavy atom. The second-order valence-corrected chi connectivity index (χ2v) is 4.15. The zero-order valence-electron chi connectivity index (χ0n) is 9.06. The van der Waals surface area contributed by atoms with Gasteiger partial charge in [-0.1, -0.05) is 24.0 Å². The van der Waals surface area contributed by atoms with Crippen molar-refractivity contribution in [1.29, 1.82) is 0 Å². The maximum atomic E-state index is 3.31. The lowest BCUT2D eigenvalue weighted by Gasteiger charge is -2.05. The molecule has 1 aromatic heterocycles. The van der Waals surface area contributed by atoms with Crippen LogP contribution in [0.5, 0.6) is 0 Å². The summed E-state index contributed by atoms with van der Waals surface area (Å²) in [6.45, 7) is 0. The van der Waals surface area contributed by atoms with Crippen molar-refractivity contribution in [3.8, 4) is 17.5 Å².